The number of alkyl halides is 1. The summed E-state index contributed by atoms with van der Waals surface area (Å²) in [5.74, 6) is 1.10. The Hall–Kier alpha value is -1.35. The molecule has 0 spiro atoms. The van der Waals surface area contributed by atoms with E-state index in [-0.39, 0.29) is 5.38 Å². The van der Waals surface area contributed by atoms with E-state index in [0.29, 0.717) is 11.7 Å². The Balaban J connectivity index is 2.40. The molecule has 0 aliphatic carbocycles. The highest BCUT2D eigenvalue weighted by Crippen LogP contribution is 2.26. The summed E-state index contributed by atoms with van der Waals surface area (Å²) in [4.78, 5) is 4.34. The van der Waals surface area contributed by atoms with Crippen LogP contribution in [0.5, 0.6) is 0 Å². The molecule has 0 N–H and O–H groups in total. The van der Waals surface area contributed by atoms with Gasteiger partial charge in [-0.1, -0.05) is 29.8 Å². The van der Waals surface area contributed by atoms with Crippen molar-refractivity contribution in [3.63, 3.8) is 0 Å². The van der Waals surface area contributed by atoms with Crippen LogP contribution in [0.15, 0.2) is 22.7 Å². The molecule has 1 atom stereocenters. The molecule has 0 aliphatic rings. The summed E-state index contributed by atoms with van der Waals surface area (Å²) in [5, 5.41) is 3.73. The lowest BCUT2D eigenvalue weighted by Crippen LogP contribution is -1.91. The van der Waals surface area contributed by atoms with Crippen molar-refractivity contribution in [1.82, 2.24) is 10.1 Å². The molecule has 0 amide bonds. The number of nitrogens with zero attached hydrogens (tertiary/aromatic N) is 2. The predicted molar refractivity (Wildman–Crippen MR) is 68.1 cm³/mol. The lowest BCUT2D eigenvalue weighted by atomic mass is 10.1. The molecule has 17 heavy (non-hydrogen) atoms. The topological polar surface area (TPSA) is 38.9 Å². The smallest absolute Gasteiger partial charge is 0.258 e. The maximum absolute atomic E-state index is 6.08. The molecule has 1 heterocycles. The van der Waals surface area contributed by atoms with Crippen LogP contribution in [0.3, 0.4) is 0 Å². The fourth-order valence-electron chi connectivity index (χ4n) is 1.62. The molecule has 90 valence electrons. The molecule has 1 unspecified atom stereocenters. The van der Waals surface area contributed by atoms with Crippen LogP contribution in [-0.4, -0.2) is 10.1 Å². The van der Waals surface area contributed by atoms with Crippen molar-refractivity contribution >= 4 is 11.6 Å². The number of benzene rings is 1. The van der Waals surface area contributed by atoms with Gasteiger partial charge in [0.25, 0.3) is 5.89 Å². The molecule has 0 fully saturated rings. The average molecular weight is 251 g/mol. The minimum atomic E-state index is -0.183. The number of aryl methyl sites for hydroxylation is 2. The first kappa shape index (κ1) is 12.1. The van der Waals surface area contributed by atoms with Crippen molar-refractivity contribution in [1.29, 1.82) is 0 Å². The minimum Gasteiger partial charge on any atom is -0.334 e. The number of halogens is 1. The van der Waals surface area contributed by atoms with Crippen LogP contribution >= 0.6 is 11.6 Å². The van der Waals surface area contributed by atoms with E-state index in [1.807, 2.05) is 32.9 Å². The zero-order valence-electron chi connectivity index (χ0n) is 10.2. The van der Waals surface area contributed by atoms with Crippen LogP contribution in [0, 0.1) is 13.8 Å². The average Bonchev–Trinajstić information content (AvgIpc) is 2.80. The van der Waals surface area contributed by atoms with Gasteiger partial charge >= 0.3 is 0 Å². The Kier molecular flexibility index (Phi) is 3.48. The maximum atomic E-state index is 6.08. The highest BCUT2D eigenvalue weighted by Gasteiger charge is 2.16. The Morgan fingerprint density at radius 2 is 2.12 bits per heavy atom. The second kappa shape index (κ2) is 4.88. The molecular weight excluding hydrogens is 236 g/mol. The van der Waals surface area contributed by atoms with Crippen LogP contribution in [0.25, 0.3) is 11.5 Å². The van der Waals surface area contributed by atoms with E-state index in [2.05, 4.69) is 16.2 Å². The van der Waals surface area contributed by atoms with Crippen molar-refractivity contribution in [3.05, 3.63) is 35.2 Å². The van der Waals surface area contributed by atoms with Crippen LogP contribution in [0.1, 0.15) is 35.7 Å². The monoisotopic (exact) mass is 250 g/mol. The highest BCUT2D eigenvalue weighted by atomic mass is 35.5. The number of hydrogen-bond acceptors (Lipinski definition) is 3. The molecule has 0 bridgehead atoms. The Morgan fingerprint density at radius 1 is 1.35 bits per heavy atom. The van der Waals surface area contributed by atoms with Gasteiger partial charge in [0, 0.05) is 5.56 Å². The molecule has 4 heteroatoms. The van der Waals surface area contributed by atoms with Crippen molar-refractivity contribution in [2.75, 3.05) is 0 Å². The summed E-state index contributed by atoms with van der Waals surface area (Å²) >= 11 is 6.08. The third-order valence-corrected chi connectivity index (χ3v) is 3.21. The first-order valence-electron chi connectivity index (χ1n) is 5.67. The van der Waals surface area contributed by atoms with Crippen molar-refractivity contribution in [3.8, 4) is 11.5 Å². The van der Waals surface area contributed by atoms with Gasteiger partial charge in [0.2, 0.25) is 0 Å². The first-order valence-corrected chi connectivity index (χ1v) is 6.10. The van der Waals surface area contributed by atoms with Gasteiger partial charge in [-0.05, 0) is 31.9 Å². The van der Waals surface area contributed by atoms with E-state index in [4.69, 9.17) is 16.1 Å². The summed E-state index contributed by atoms with van der Waals surface area (Å²) in [7, 11) is 0. The van der Waals surface area contributed by atoms with Crippen molar-refractivity contribution < 1.29 is 4.52 Å². The van der Waals surface area contributed by atoms with Crippen LogP contribution in [0.4, 0.5) is 0 Å². The molecule has 0 radical (unpaired) electrons. The van der Waals surface area contributed by atoms with Crippen LogP contribution in [0.2, 0.25) is 0 Å². The molecule has 2 aromatic rings. The number of hydrogen-bond donors (Lipinski definition) is 0. The standard InChI is InChI=1S/C13H15ClN2O/c1-4-11(14)12-15-13(17-16-12)10-7-8(2)5-6-9(10)3/h5-7,11H,4H2,1-3H3. The third kappa shape index (κ3) is 2.50. The Labute approximate surface area is 106 Å². The van der Waals surface area contributed by atoms with E-state index in [0.717, 1.165) is 17.5 Å². The summed E-state index contributed by atoms with van der Waals surface area (Å²) < 4.78 is 5.26. The molecular formula is C13H15ClN2O. The molecule has 3 nitrogen and oxygen atoms in total. The van der Waals surface area contributed by atoms with Crippen molar-refractivity contribution in [2.45, 2.75) is 32.6 Å². The van der Waals surface area contributed by atoms with Gasteiger partial charge in [-0.2, -0.15) is 4.98 Å². The quantitative estimate of drug-likeness (QED) is 0.772. The Morgan fingerprint density at radius 3 is 2.82 bits per heavy atom. The largest absolute Gasteiger partial charge is 0.334 e. The van der Waals surface area contributed by atoms with Gasteiger partial charge in [-0.25, -0.2) is 0 Å². The van der Waals surface area contributed by atoms with E-state index in [1.54, 1.807) is 0 Å². The van der Waals surface area contributed by atoms with E-state index >= 15 is 0 Å². The number of aromatic nitrogens is 2. The van der Waals surface area contributed by atoms with Gasteiger partial charge < -0.3 is 4.52 Å². The lowest BCUT2D eigenvalue weighted by molar-refractivity contribution is 0.421. The van der Waals surface area contributed by atoms with Gasteiger partial charge in [-0.3, -0.25) is 0 Å². The molecule has 2 rings (SSSR count). The Bertz CT molecular complexity index is 522. The number of rotatable bonds is 3. The van der Waals surface area contributed by atoms with Crippen molar-refractivity contribution in [2.24, 2.45) is 0 Å². The van der Waals surface area contributed by atoms with Crippen LogP contribution < -0.4 is 0 Å². The highest BCUT2D eigenvalue weighted by molar-refractivity contribution is 6.20. The second-order valence-electron chi connectivity index (χ2n) is 4.15. The SMILES string of the molecule is CCC(Cl)c1noc(-c2cc(C)ccc2C)n1. The lowest BCUT2D eigenvalue weighted by Gasteiger charge is -2.01. The maximum Gasteiger partial charge on any atom is 0.258 e. The predicted octanol–water partition coefficient (Wildman–Crippen LogP) is 4.04. The van der Waals surface area contributed by atoms with E-state index in [9.17, 15) is 0 Å². The normalized spacial score (nSPS) is 12.7. The van der Waals surface area contributed by atoms with Gasteiger partial charge in [0.1, 0.15) is 0 Å². The molecule has 0 saturated heterocycles. The van der Waals surface area contributed by atoms with Gasteiger partial charge in [0.15, 0.2) is 5.82 Å². The zero-order valence-corrected chi connectivity index (χ0v) is 11.0. The fraction of sp³-hybridized carbons (Fsp3) is 0.385. The molecule has 0 aliphatic heterocycles. The zero-order chi connectivity index (χ0) is 12.4. The van der Waals surface area contributed by atoms with E-state index in [1.165, 1.54) is 5.56 Å². The van der Waals surface area contributed by atoms with Gasteiger partial charge in [0.05, 0.1) is 5.38 Å². The van der Waals surface area contributed by atoms with Gasteiger partial charge in [-0.15, -0.1) is 11.6 Å². The third-order valence-electron chi connectivity index (χ3n) is 2.70. The van der Waals surface area contributed by atoms with E-state index < -0.39 is 0 Å². The summed E-state index contributed by atoms with van der Waals surface area (Å²) in [5.41, 5.74) is 3.26. The summed E-state index contributed by atoms with van der Waals surface area (Å²) in [6, 6.07) is 6.15. The molecule has 0 saturated carbocycles. The summed E-state index contributed by atoms with van der Waals surface area (Å²) in [6.45, 7) is 6.05. The first-order chi connectivity index (χ1) is 8.11. The summed E-state index contributed by atoms with van der Waals surface area (Å²) in [6.07, 6.45) is 0.785. The van der Waals surface area contributed by atoms with Crippen LogP contribution in [-0.2, 0) is 0 Å². The second-order valence-corrected chi connectivity index (χ2v) is 4.68. The molecule has 1 aromatic carbocycles. The minimum absolute atomic E-state index is 0.183. The fourth-order valence-corrected chi connectivity index (χ4v) is 1.71. The molecule has 1 aromatic heterocycles.